The Morgan fingerprint density at radius 3 is 3.00 bits per heavy atom. The molecule has 0 aliphatic carbocycles. The average Bonchev–Trinajstić information content (AvgIpc) is 2.03. The molecule has 0 radical (unpaired) electrons. The molecule has 3 nitrogen and oxygen atoms in total. The molecule has 11 heavy (non-hydrogen) atoms. The lowest BCUT2D eigenvalue weighted by Gasteiger charge is -1.92. The first-order valence-corrected chi connectivity index (χ1v) is 2.95. The van der Waals surface area contributed by atoms with Gasteiger partial charge in [0.1, 0.15) is 5.82 Å². The molecule has 0 spiro atoms. The lowest BCUT2D eigenvalue weighted by molar-refractivity contribution is 1.32. The second-order valence-electron chi connectivity index (χ2n) is 1.80. The normalized spacial score (nSPS) is 7.55. The van der Waals surface area contributed by atoms with Crippen LogP contribution in [-0.2, 0) is 0 Å². The first-order valence-electron chi connectivity index (χ1n) is 2.95. The number of nitriles is 1. The number of nitrogen functional groups attached to an aromatic ring is 1. The van der Waals surface area contributed by atoms with E-state index in [1.165, 1.54) is 0 Å². The van der Waals surface area contributed by atoms with Crippen molar-refractivity contribution in [2.45, 2.75) is 0 Å². The van der Waals surface area contributed by atoms with Crippen molar-refractivity contribution in [3.05, 3.63) is 23.9 Å². The minimum absolute atomic E-state index is 0.357. The third kappa shape index (κ3) is 1.70. The third-order valence-corrected chi connectivity index (χ3v) is 1.09. The zero-order chi connectivity index (χ0) is 8.10. The number of nitrogens with zero attached hydrogens (tertiary/aromatic N) is 2. The fraction of sp³-hybridized carbons (Fsp3) is 0. The summed E-state index contributed by atoms with van der Waals surface area (Å²) in [6.45, 7) is 0. The summed E-state index contributed by atoms with van der Waals surface area (Å²) in [5.41, 5.74) is 6.03. The fourth-order valence-corrected chi connectivity index (χ4v) is 0.619. The molecule has 0 unspecified atom stereocenters. The van der Waals surface area contributed by atoms with Crippen LogP contribution >= 0.6 is 0 Å². The molecular weight excluding hydrogens is 138 g/mol. The van der Waals surface area contributed by atoms with Gasteiger partial charge in [-0.2, -0.15) is 5.26 Å². The van der Waals surface area contributed by atoms with Gasteiger partial charge in [-0.15, -0.1) is 0 Å². The topological polar surface area (TPSA) is 62.7 Å². The zero-order valence-electron chi connectivity index (χ0n) is 5.70. The summed E-state index contributed by atoms with van der Waals surface area (Å²) < 4.78 is 0. The molecule has 1 aromatic rings. The van der Waals surface area contributed by atoms with Gasteiger partial charge in [-0.1, -0.05) is 0 Å². The Morgan fingerprint density at radius 2 is 2.36 bits per heavy atom. The Labute approximate surface area is 64.5 Å². The van der Waals surface area contributed by atoms with Gasteiger partial charge < -0.3 is 5.73 Å². The number of hydrogen-bond donors (Lipinski definition) is 1. The lowest BCUT2D eigenvalue weighted by Crippen LogP contribution is -1.92. The van der Waals surface area contributed by atoms with Gasteiger partial charge in [0.05, 0.1) is 5.56 Å². The molecule has 0 saturated carbocycles. The molecule has 2 N–H and O–H groups in total. The van der Waals surface area contributed by atoms with E-state index in [1.807, 2.05) is 0 Å². The van der Waals surface area contributed by atoms with E-state index < -0.39 is 0 Å². The summed E-state index contributed by atoms with van der Waals surface area (Å²) in [6.07, 6.45) is 1.58. The molecule has 1 aromatic heterocycles. The summed E-state index contributed by atoms with van der Waals surface area (Å²) in [7, 11) is 0. The number of nitrogens with two attached hydrogens (primary N) is 1. The number of aromatic nitrogens is 1. The van der Waals surface area contributed by atoms with Gasteiger partial charge >= 0.3 is 0 Å². The third-order valence-electron chi connectivity index (χ3n) is 1.09. The monoisotopic (exact) mass is 143 g/mol. The quantitative estimate of drug-likeness (QED) is 0.539. The van der Waals surface area contributed by atoms with Crippen LogP contribution < -0.4 is 5.73 Å². The van der Waals surface area contributed by atoms with Gasteiger partial charge in [0.2, 0.25) is 0 Å². The molecule has 0 fully saturated rings. The van der Waals surface area contributed by atoms with Crippen molar-refractivity contribution in [3.8, 4) is 17.9 Å². The van der Waals surface area contributed by atoms with E-state index in [2.05, 4.69) is 16.8 Å². The highest BCUT2D eigenvalue weighted by Crippen LogP contribution is 2.03. The molecule has 0 aromatic carbocycles. The van der Waals surface area contributed by atoms with E-state index in [0.717, 1.165) is 0 Å². The lowest BCUT2D eigenvalue weighted by atomic mass is 10.2. The predicted molar refractivity (Wildman–Crippen MR) is 41.1 cm³/mol. The van der Waals surface area contributed by atoms with E-state index in [-0.39, 0.29) is 0 Å². The second kappa shape index (κ2) is 3.24. The Kier molecular flexibility index (Phi) is 2.09. The van der Waals surface area contributed by atoms with Crippen LogP contribution in [-0.4, -0.2) is 4.98 Å². The van der Waals surface area contributed by atoms with Crippen molar-refractivity contribution < 1.29 is 0 Å². The van der Waals surface area contributed by atoms with Crippen LogP contribution in [0.2, 0.25) is 0 Å². The van der Waals surface area contributed by atoms with Gasteiger partial charge in [-0.3, -0.25) is 0 Å². The molecule has 1 rings (SSSR count). The van der Waals surface area contributed by atoms with E-state index in [0.29, 0.717) is 11.4 Å². The van der Waals surface area contributed by atoms with Gasteiger partial charge in [0.25, 0.3) is 0 Å². The van der Waals surface area contributed by atoms with Crippen LogP contribution in [0.15, 0.2) is 18.3 Å². The highest BCUT2D eigenvalue weighted by molar-refractivity contribution is 5.51. The maximum absolute atomic E-state index is 8.13. The van der Waals surface area contributed by atoms with Crippen LogP contribution in [0, 0.1) is 23.2 Å². The van der Waals surface area contributed by atoms with Gasteiger partial charge in [0, 0.05) is 12.1 Å². The van der Waals surface area contributed by atoms with Crippen molar-refractivity contribution in [3.63, 3.8) is 0 Å². The number of pyridine rings is 1. The summed E-state index contributed by atoms with van der Waals surface area (Å²) >= 11 is 0. The summed E-state index contributed by atoms with van der Waals surface area (Å²) in [5, 5.41) is 8.13. The van der Waals surface area contributed by atoms with Gasteiger partial charge in [-0.25, -0.2) is 4.98 Å². The summed E-state index contributed by atoms with van der Waals surface area (Å²) in [5.74, 6) is 5.16. The Hall–Kier alpha value is -2.00. The smallest absolute Gasteiger partial charge is 0.152 e. The Morgan fingerprint density at radius 1 is 1.55 bits per heavy atom. The number of rotatable bonds is 0. The predicted octanol–water partition coefficient (Wildman–Crippen LogP) is 0.539. The van der Waals surface area contributed by atoms with Crippen molar-refractivity contribution in [2.24, 2.45) is 0 Å². The Bertz CT molecular complexity index is 352. The maximum Gasteiger partial charge on any atom is 0.152 e. The highest BCUT2D eigenvalue weighted by Gasteiger charge is 1.91. The second-order valence-corrected chi connectivity index (χ2v) is 1.80. The van der Waals surface area contributed by atoms with Crippen molar-refractivity contribution in [1.82, 2.24) is 4.98 Å². The summed E-state index contributed by atoms with van der Waals surface area (Å²) in [4.78, 5) is 3.80. The van der Waals surface area contributed by atoms with Crippen LogP contribution in [0.25, 0.3) is 0 Å². The van der Waals surface area contributed by atoms with E-state index in [4.69, 9.17) is 11.0 Å². The summed E-state index contributed by atoms with van der Waals surface area (Å²) in [6, 6.07) is 5.13. The molecule has 1 heterocycles. The molecule has 3 heteroatoms. The van der Waals surface area contributed by atoms with E-state index in [9.17, 15) is 0 Å². The van der Waals surface area contributed by atoms with E-state index in [1.54, 1.807) is 24.4 Å². The number of hydrogen-bond acceptors (Lipinski definition) is 3. The molecule has 0 aliphatic heterocycles. The standard InChI is InChI=1S/C8H5N3/c9-5-1-3-7-4-2-6-11-8(7)10/h2,4,6H,(H2,10,11). The van der Waals surface area contributed by atoms with Crippen molar-refractivity contribution >= 4 is 5.82 Å². The molecular formula is C8H5N3. The van der Waals surface area contributed by atoms with Gasteiger partial charge in [0.15, 0.2) is 6.07 Å². The first-order chi connectivity index (χ1) is 5.34. The minimum atomic E-state index is 0.357. The maximum atomic E-state index is 8.13. The van der Waals surface area contributed by atoms with Crippen LogP contribution in [0.1, 0.15) is 5.56 Å². The number of anilines is 1. The molecule has 52 valence electrons. The van der Waals surface area contributed by atoms with Crippen molar-refractivity contribution in [1.29, 1.82) is 5.26 Å². The first kappa shape index (κ1) is 7.11. The average molecular weight is 143 g/mol. The minimum Gasteiger partial charge on any atom is -0.383 e. The zero-order valence-corrected chi connectivity index (χ0v) is 5.70. The van der Waals surface area contributed by atoms with Crippen LogP contribution in [0.3, 0.4) is 0 Å². The van der Waals surface area contributed by atoms with Gasteiger partial charge in [-0.05, 0) is 18.1 Å². The van der Waals surface area contributed by atoms with Crippen LogP contribution in [0.4, 0.5) is 5.82 Å². The Balaban J connectivity index is 3.07. The molecule has 0 amide bonds. The van der Waals surface area contributed by atoms with Crippen LogP contribution in [0.5, 0.6) is 0 Å². The van der Waals surface area contributed by atoms with Crippen molar-refractivity contribution in [2.75, 3.05) is 5.73 Å². The van der Waals surface area contributed by atoms with E-state index >= 15 is 0 Å². The largest absolute Gasteiger partial charge is 0.383 e. The highest BCUT2D eigenvalue weighted by atomic mass is 14.8. The molecule has 0 saturated heterocycles. The molecule has 0 aliphatic rings. The SMILES string of the molecule is N#CC#Cc1cccnc1N. The molecule has 0 atom stereocenters. The molecule has 0 bridgehead atoms. The fourth-order valence-electron chi connectivity index (χ4n) is 0.619.